The second-order valence-electron chi connectivity index (χ2n) is 7.78. The van der Waals surface area contributed by atoms with E-state index < -0.39 is 11.4 Å². The standard InChI is InChI=1S/C21H30N4O4S/c1-25-15-21(20(26)27,16-29-30-25)11-6-4-2-3-5-7-13-28-17-8-9-18(22-14-17)19-10-12-23-24-19/h8-10,12,14H,2-7,11,13,15-16H2,1H3,(H,23,24)(H,26,27). The van der Waals surface area contributed by atoms with E-state index in [1.54, 1.807) is 12.4 Å². The number of carboxylic acid groups (broad SMARTS) is 1. The summed E-state index contributed by atoms with van der Waals surface area (Å²) in [5, 5.41) is 16.4. The SMILES string of the molecule is CN1CC(CCCCCCCCOc2ccc(-c3ccn[nH]3)nc2)(C(=O)O)COS1. The van der Waals surface area contributed by atoms with Gasteiger partial charge >= 0.3 is 5.97 Å². The fourth-order valence-electron chi connectivity index (χ4n) is 3.60. The number of carboxylic acids is 1. The minimum atomic E-state index is -0.769. The van der Waals surface area contributed by atoms with Gasteiger partial charge in [0, 0.05) is 12.7 Å². The zero-order valence-electron chi connectivity index (χ0n) is 17.4. The molecule has 1 saturated heterocycles. The number of carbonyl (C=O) groups is 1. The molecule has 9 heteroatoms. The van der Waals surface area contributed by atoms with Crippen LogP contribution in [0.2, 0.25) is 0 Å². The van der Waals surface area contributed by atoms with Crippen LogP contribution in [0, 0.1) is 5.41 Å². The normalized spacial score (nSPS) is 19.6. The Labute approximate surface area is 181 Å². The number of hydrogen-bond donors (Lipinski definition) is 2. The third-order valence-electron chi connectivity index (χ3n) is 5.33. The lowest BCUT2D eigenvalue weighted by Crippen LogP contribution is -2.46. The summed E-state index contributed by atoms with van der Waals surface area (Å²) in [5.41, 5.74) is 0.960. The van der Waals surface area contributed by atoms with Crippen LogP contribution in [0.3, 0.4) is 0 Å². The number of hydrogen-bond acceptors (Lipinski definition) is 7. The van der Waals surface area contributed by atoms with Crippen LogP contribution < -0.4 is 4.74 Å². The Morgan fingerprint density at radius 3 is 2.73 bits per heavy atom. The van der Waals surface area contributed by atoms with Crippen LogP contribution in [-0.4, -0.2) is 57.4 Å². The average Bonchev–Trinajstić information content (AvgIpc) is 3.28. The molecule has 164 valence electrons. The second-order valence-corrected chi connectivity index (χ2v) is 8.79. The Morgan fingerprint density at radius 1 is 1.27 bits per heavy atom. The molecule has 2 N–H and O–H groups in total. The maximum absolute atomic E-state index is 11.7. The number of rotatable bonds is 12. The number of H-pyrrole nitrogens is 1. The summed E-state index contributed by atoms with van der Waals surface area (Å²) in [7, 11) is 1.87. The highest BCUT2D eigenvalue weighted by Gasteiger charge is 2.42. The summed E-state index contributed by atoms with van der Waals surface area (Å²) in [6, 6.07) is 5.72. The van der Waals surface area contributed by atoms with Gasteiger partial charge in [-0.15, -0.1) is 0 Å². The number of aliphatic carboxylic acids is 1. The summed E-state index contributed by atoms with van der Waals surface area (Å²) < 4.78 is 13.0. The molecule has 0 spiro atoms. The van der Waals surface area contributed by atoms with Crippen LogP contribution in [0.15, 0.2) is 30.6 Å². The number of aromatic nitrogens is 3. The predicted molar refractivity (Wildman–Crippen MR) is 116 cm³/mol. The molecule has 1 unspecified atom stereocenters. The van der Waals surface area contributed by atoms with E-state index in [0.717, 1.165) is 55.7 Å². The molecule has 8 nitrogen and oxygen atoms in total. The van der Waals surface area contributed by atoms with Gasteiger partial charge in [-0.25, -0.2) is 4.31 Å². The van der Waals surface area contributed by atoms with Gasteiger partial charge in [0.2, 0.25) is 0 Å². The van der Waals surface area contributed by atoms with Gasteiger partial charge in [0.05, 0.1) is 43.0 Å². The van der Waals surface area contributed by atoms with Crippen molar-refractivity contribution in [1.29, 1.82) is 0 Å². The molecule has 0 aromatic carbocycles. The maximum Gasteiger partial charge on any atom is 0.313 e. The molecule has 0 saturated carbocycles. The van der Waals surface area contributed by atoms with E-state index in [-0.39, 0.29) is 6.61 Å². The van der Waals surface area contributed by atoms with Crippen molar-refractivity contribution in [2.75, 3.05) is 26.8 Å². The van der Waals surface area contributed by atoms with Crippen molar-refractivity contribution in [2.45, 2.75) is 44.9 Å². The molecule has 30 heavy (non-hydrogen) atoms. The number of nitrogens with one attached hydrogen (secondary N) is 1. The van der Waals surface area contributed by atoms with Crippen LogP contribution in [0.25, 0.3) is 11.4 Å². The zero-order valence-corrected chi connectivity index (χ0v) is 18.2. The quantitative estimate of drug-likeness (QED) is 0.292. The van der Waals surface area contributed by atoms with Gasteiger partial charge < -0.3 is 9.84 Å². The van der Waals surface area contributed by atoms with Crippen molar-refractivity contribution in [2.24, 2.45) is 5.41 Å². The minimum absolute atomic E-state index is 0.284. The Morgan fingerprint density at radius 2 is 2.07 bits per heavy atom. The minimum Gasteiger partial charge on any atom is -0.492 e. The van der Waals surface area contributed by atoms with Crippen LogP contribution in [0.5, 0.6) is 5.75 Å². The van der Waals surface area contributed by atoms with Crippen molar-refractivity contribution in [1.82, 2.24) is 19.5 Å². The third kappa shape index (κ3) is 6.45. The van der Waals surface area contributed by atoms with E-state index in [1.807, 2.05) is 29.6 Å². The Bertz CT molecular complexity index is 772. The first-order valence-corrected chi connectivity index (χ1v) is 11.1. The van der Waals surface area contributed by atoms with E-state index >= 15 is 0 Å². The van der Waals surface area contributed by atoms with Crippen molar-refractivity contribution >= 4 is 18.2 Å². The molecule has 1 aliphatic rings. The van der Waals surface area contributed by atoms with E-state index in [1.165, 1.54) is 12.2 Å². The summed E-state index contributed by atoms with van der Waals surface area (Å²) in [6.45, 7) is 1.49. The van der Waals surface area contributed by atoms with Gasteiger partial charge in [-0.3, -0.25) is 19.1 Å². The monoisotopic (exact) mass is 434 g/mol. The molecule has 1 atom stereocenters. The predicted octanol–water partition coefficient (Wildman–Crippen LogP) is 4.18. The molecule has 1 fully saturated rings. The molecule has 0 aliphatic carbocycles. The number of pyridine rings is 1. The van der Waals surface area contributed by atoms with Crippen molar-refractivity contribution in [3.05, 3.63) is 30.6 Å². The zero-order chi connectivity index (χ0) is 21.2. The van der Waals surface area contributed by atoms with Crippen molar-refractivity contribution in [3.63, 3.8) is 0 Å². The third-order valence-corrected chi connectivity index (χ3v) is 5.93. The van der Waals surface area contributed by atoms with Crippen LogP contribution >= 0.6 is 12.2 Å². The highest BCUT2D eigenvalue weighted by molar-refractivity contribution is 7.92. The Balaban J connectivity index is 1.24. The number of unbranched alkanes of at least 4 members (excludes halogenated alkanes) is 5. The Kier molecular flexibility index (Phi) is 8.53. The van der Waals surface area contributed by atoms with Gasteiger partial charge in [0.1, 0.15) is 11.2 Å². The van der Waals surface area contributed by atoms with Crippen LogP contribution in [-0.2, 0) is 8.98 Å². The van der Waals surface area contributed by atoms with E-state index in [0.29, 0.717) is 19.6 Å². The Hall–Kier alpha value is -2.10. The van der Waals surface area contributed by atoms with Gasteiger partial charge in [-0.1, -0.05) is 32.1 Å². The van der Waals surface area contributed by atoms with Gasteiger partial charge in [-0.2, -0.15) is 5.10 Å². The van der Waals surface area contributed by atoms with E-state index in [4.69, 9.17) is 8.92 Å². The number of aromatic amines is 1. The van der Waals surface area contributed by atoms with Crippen molar-refractivity contribution < 1.29 is 18.8 Å². The lowest BCUT2D eigenvalue weighted by molar-refractivity contribution is -0.152. The molecular weight excluding hydrogens is 404 g/mol. The topological polar surface area (TPSA) is 101 Å². The lowest BCUT2D eigenvalue weighted by Gasteiger charge is -2.36. The van der Waals surface area contributed by atoms with Crippen molar-refractivity contribution in [3.8, 4) is 17.1 Å². The highest BCUT2D eigenvalue weighted by Crippen LogP contribution is 2.35. The molecule has 2 aromatic heterocycles. The molecule has 2 aromatic rings. The summed E-state index contributed by atoms with van der Waals surface area (Å²) in [5.74, 6) is 0.0222. The first-order chi connectivity index (χ1) is 14.6. The molecular formula is C21H30N4O4S. The first kappa shape index (κ1) is 22.6. The van der Waals surface area contributed by atoms with E-state index in [2.05, 4.69) is 15.2 Å². The molecule has 0 bridgehead atoms. The first-order valence-electron chi connectivity index (χ1n) is 10.4. The molecule has 0 amide bonds. The summed E-state index contributed by atoms with van der Waals surface area (Å²) in [6.07, 6.45) is 10.4. The number of ether oxygens (including phenoxy) is 1. The molecule has 3 rings (SSSR count). The lowest BCUT2D eigenvalue weighted by atomic mass is 9.83. The van der Waals surface area contributed by atoms with Crippen LogP contribution in [0.4, 0.5) is 0 Å². The molecule has 3 heterocycles. The van der Waals surface area contributed by atoms with Gasteiger partial charge in [0.15, 0.2) is 0 Å². The summed E-state index contributed by atoms with van der Waals surface area (Å²) >= 11 is 1.24. The number of nitrogens with zero attached hydrogens (tertiary/aromatic N) is 3. The molecule has 1 aliphatic heterocycles. The fourth-order valence-corrected chi connectivity index (χ4v) is 4.36. The van der Waals surface area contributed by atoms with Crippen LogP contribution in [0.1, 0.15) is 44.9 Å². The molecule has 0 radical (unpaired) electrons. The summed E-state index contributed by atoms with van der Waals surface area (Å²) in [4.78, 5) is 16.1. The maximum atomic E-state index is 11.7. The smallest absolute Gasteiger partial charge is 0.313 e. The average molecular weight is 435 g/mol. The van der Waals surface area contributed by atoms with Gasteiger partial charge in [0.25, 0.3) is 0 Å². The van der Waals surface area contributed by atoms with Gasteiger partial charge in [-0.05, 0) is 38.1 Å². The van der Waals surface area contributed by atoms with E-state index in [9.17, 15) is 9.90 Å². The fraction of sp³-hybridized carbons (Fsp3) is 0.571. The largest absolute Gasteiger partial charge is 0.492 e. The highest BCUT2D eigenvalue weighted by atomic mass is 32.2. The second kappa shape index (κ2) is 11.3.